The van der Waals surface area contributed by atoms with Crippen molar-refractivity contribution < 1.29 is 8.83 Å². The summed E-state index contributed by atoms with van der Waals surface area (Å²) in [5.74, 6) is 0.618. The van der Waals surface area contributed by atoms with Gasteiger partial charge in [-0.1, -0.05) is 91.0 Å². The van der Waals surface area contributed by atoms with Gasteiger partial charge in [-0.25, -0.2) is 4.98 Å². The first-order chi connectivity index (χ1) is 22.3. The number of aromatic nitrogens is 1. The normalized spacial score (nSPS) is 11.6. The van der Waals surface area contributed by atoms with Crippen LogP contribution in [0.15, 0.2) is 167 Å². The summed E-state index contributed by atoms with van der Waals surface area (Å²) in [6.07, 6.45) is 0. The van der Waals surface area contributed by atoms with Gasteiger partial charge in [-0.15, -0.1) is 0 Å². The lowest BCUT2D eigenvalue weighted by Gasteiger charge is -2.26. The van der Waals surface area contributed by atoms with Gasteiger partial charge in [0.15, 0.2) is 5.58 Å². The van der Waals surface area contributed by atoms with Gasteiger partial charge >= 0.3 is 0 Å². The average molecular weight is 579 g/mol. The van der Waals surface area contributed by atoms with Gasteiger partial charge in [-0.3, -0.25) is 0 Å². The zero-order chi connectivity index (χ0) is 29.7. The number of oxazole rings is 1. The Morgan fingerprint density at radius 3 is 1.87 bits per heavy atom. The molecule has 0 saturated heterocycles. The highest BCUT2D eigenvalue weighted by atomic mass is 16.3. The molecule has 212 valence electrons. The van der Waals surface area contributed by atoms with Crippen LogP contribution in [0.5, 0.6) is 0 Å². The Kier molecular flexibility index (Phi) is 5.78. The zero-order valence-electron chi connectivity index (χ0n) is 24.2. The van der Waals surface area contributed by atoms with Crippen LogP contribution in [0.25, 0.3) is 66.4 Å². The highest BCUT2D eigenvalue weighted by molar-refractivity contribution is 6.07. The van der Waals surface area contributed by atoms with Gasteiger partial charge in [0.2, 0.25) is 5.89 Å². The lowest BCUT2D eigenvalue weighted by atomic mass is 10.0. The number of hydrogen-bond acceptors (Lipinski definition) is 4. The Morgan fingerprint density at radius 1 is 0.422 bits per heavy atom. The van der Waals surface area contributed by atoms with Crippen LogP contribution < -0.4 is 4.90 Å². The van der Waals surface area contributed by atoms with E-state index >= 15 is 0 Å². The SMILES string of the molecule is c1ccc(-c2ccc(N(c3ccc4c(c3)oc3ccccc34)c3ccc4ccc5nc(-c6ccccc6)oc5c4c3)cc2)cc1. The van der Waals surface area contributed by atoms with E-state index in [2.05, 4.69) is 102 Å². The quantitative estimate of drug-likeness (QED) is 0.204. The molecular formula is C41H26N2O2. The number of hydrogen-bond donors (Lipinski definition) is 0. The molecule has 0 unspecified atom stereocenters. The van der Waals surface area contributed by atoms with E-state index < -0.39 is 0 Å². The van der Waals surface area contributed by atoms with Crippen LogP contribution in [0, 0.1) is 0 Å². The Bertz CT molecular complexity index is 2480. The molecule has 2 aromatic heterocycles. The second-order valence-corrected chi connectivity index (χ2v) is 11.2. The molecule has 0 N–H and O–H groups in total. The van der Waals surface area contributed by atoms with E-state index in [1.807, 2.05) is 60.7 Å². The molecule has 0 fully saturated rings. The van der Waals surface area contributed by atoms with Crippen LogP contribution in [0.2, 0.25) is 0 Å². The summed E-state index contributed by atoms with van der Waals surface area (Å²) in [5, 5.41) is 4.32. The van der Waals surface area contributed by atoms with Crippen molar-refractivity contribution in [3.8, 4) is 22.6 Å². The molecule has 2 heterocycles. The first kappa shape index (κ1) is 25.4. The number of anilines is 3. The molecule has 7 aromatic carbocycles. The van der Waals surface area contributed by atoms with Crippen LogP contribution in [-0.4, -0.2) is 4.98 Å². The predicted octanol–water partition coefficient (Wildman–Crippen LogP) is 11.7. The maximum atomic E-state index is 6.42. The van der Waals surface area contributed by atoms with Gasteiger partial charge in [0.25, 0.3) is 0 Å². The van der Waals surface area contributed by atoms with Gasteiger partial charge in [0.1, 0.15) is 16.7 Å². The van der Waals surface area contributed by atoms with Crippen molar-refractivity contribution in [3.05, 3.63) is 158 Å². The minimum Gasteiger partial charge on any atom is -0.456 e. The number of furan rings is 1. The molecule has 0 amide bonds. The monoisotopic (exact) mass is 578 g/mol. The summed E-state index contributed by atoms with van der Waals surface area (Å²) in [7, 11) is 0. The third-order valence-electron chi connectivity index (χ3n) is 8.49. The average Bonchev–Trinajstić information content (AvgIpc) is 3.72. The van der Waals surface area contributed by atoms with E-state index in [-0.39, 0.29) is 0 Å². The molecular weight excluding hydrogens is 552 g/mol. The van der Waals surface area contributed by atoms with Crippen LogP contribution >= 0.6 is 0 Å². The van der Waals surface area contributed by atoms with Crippen molar-refractivity contribution in [1.29, 1.82) is 0 Å². The topological polar surface area (TPSA) is 42.4 Å². The first-order valence-electron chi connectivity index (χ1n) is 15.0. The summed E-state index contributed by atoms with van der Waals surface area (Å²) in [6, 6.07) is 54.5. The second-order valence-electron chi connectivity index (χ2n) is 11.2. The Morgan fingerprint density at radius 2 is 1.04 bits per heavy atom. The molecule has 0 aliphatic carbocycles. The van der Waals surface area contributed by atoms with Gasteiger partial charge in [0.05, 0.1) is 0 Å². The molecule has 0 radical (unpaired) electrons. The van der Waals surface area contributed by atoms with Crippen molar-refractivity contribution in [2.24, 2.45) is 0 Å². The molecule has 45 heavy (non-hydrogen) atoms. The maximum absolute atomic E-state index is 6.42. The van der Waals surface area contributed by atoms with Crippen LogP contribution in [-0.2, 0) is 0 Å². The van der Waals surface area contributed by atoms with E-state index in [0.29, 0.717) is 5.89 Å². The highest BCUT2D eigenvalue weighted by Gasteiger charge is 2.18. The van der Waals surface area contributed by atoms with E-state index in [1.54, 1.807) is 0 Å². The summed E-state index contributed by atoms with van der Waals surface area (Å²) < 4.78 is 12.7. The van der Waals surface area contributed by atoms with Gasteiger partial charge < -0.3 is 13.7 Å². The predicted molar refractivity (Wildman–Crippen MR) is 184 cm³/mol. The fourth-order valence-corrected chi connectivity index (χ4v) is 6.27. The van der Waals surface area contributed by atoms with E-state index in [0.717, 1.165) is 66.4 Å². The van der Waals surface area contributed by atoms with Crippen molar-refractivity contribution in [2.45, 2.75) is 0 Å². The Labute approximate surface area is 259 Å². The summed E-state index contributed by atoms with van der Waals surface area (Å²) in [6.45, 7) is 0. The largest absolute Gasteiger partial charge is 0.456 e. The molecule has 0 aliphatic rings. The van der Waals surface area contributed by atoms with Crippen molar-refractivity contribution in [3.63, 3.8) is 0 Å². The van der Waals surface area contributed by atoms with Crippen molar-refractivity contribution in [2.75, 3.05) is 4.90 Å². The third-order valence-corrected chi connectivity index (χ3v) is 8.49. The Balaban J connectivity index is 1.22. The van der Waals surface area contributed by atoms with Gasteiger partial charge in [-0.2, -0.15) is 0 Å². The maximum Gasteiger partial charge on any atom is 0.227 e. The molecule has 4 heteroatoms. The number of rotatable bonds is 5. The molecule has 0 saturated carbocycles. The summed E-state index contributed by atoms with van der Waals surface area (Å²) in [5.41, 5.74) is 9.72. The minimum absolute atomic E-state index is 0.618. The highest BCUT2D eigenvalue weighted by Crippen LogP contribution is 2.41. The molecule has 0 bridgehead atoms. The van der Waals surface area contributed by atoms with E-state index in [1.165, 1.54) is 11.1 Å². The molecule has 0 aliphatic heterocycles. The van der Waals surface area contributed by atoms with Crippen LogP contribution in [0.3, 0.4) is 0 Å². The lowest BCUT2D eigenvalue weighted by Crippen LogP contribution is -2.09. The van der Waals surface area contributed by atoms with E-state index in [4.69, 9.17) is 13.8 Å². The molecule has 4 nitrogen and oxygen atoms in total. The minimum atomic E-state index is 0.618. The molecule has 9 aromatic rings. The number of para-hydroxylation sites is 1. The number of benzene rings is 7. The fraction of sp³-hybridized carbons (Fsp3) is 0. The van der Waals surface area contributed by atoms with Crippen molar-refractivity contribution in [1.82, 2.24) is 4.98 Å². The van der Waals surface area contributed by atoms with Gasteiger partial charge in [0, 0.05) is 44.9 Å². The van der Waals surface area contributed by atoms with Crippen LogP contribution in [0.4, 0.5) is 17.1 Å². The smallest absolute Gasteiger partial charge is 0.227 e. The molecule has 0 atom stereocenters. The van der Waals surface area contributed by atoms with Gasteiger partial charge in [-0.05, 0) is 77.2 Å². The summed E-state index contributed by atoms with van der Waals surface area (Å²) in [4.78, 5) is 7.10. The zero-order valence-corrected chi connectivity index (χ0v) is 24.2. The van der Waals surface area contributed by atoms with Crippen molar-refractivity contribution >= 4 is 60.9 Å². The lowest BCUT2D eigenvalue weighted by molar-refractivity contribution is 0.623. The second kappa shape index (κ2) is 10.2. The molecule has 9 rings (SSSR count). The first-order valence-corrected chi connectivity index (χ1v) is 15.0. The van der Waals surface area contributed by atoms with Crippen LogP contribution in [0.1, 0.15) is 0 Å². The standard InChI is InChI=1S/C41H26N2O2/c1-3-9-27(10-4-1)28-15-19-31(20-16-28)43(33-22-23-35-34-13-7-8-14-38(34)44-39(35)26-33)32-21-17-29-18-24-37-40(36(29)25-32)45-41(42-37)30-11-5-2-6-12-30/h1-26H. The number of nitrogens with zero attached hydrogens (tertiary/aromatic N) is 2. The fourth-order valence-electron chi connectivity index (χ4n) is 6.27. The molecule has 0 spiro atoms. The van der Waals surface area contributed by atoms with E-state index in [9.17, 15) is 0 Å². The Hall–Kier alpha value is -6.13. The third kappa shape index (κ3) is 4.35. The summed E-state index contributed by atoms with van der Waals surface area (Å²) >= 11 is 0. The number of fused-ring (bicyclic) bond motifs is 6.